The van der Waals surface area contributed by atoms with Crippen molar-refractivity contribution in [3.63, 3.8) is 0 Å². The van der Waals surface area contributed by atoms with Gasteiger partial charge in [-0.15, -0.1) is 12.4 Å². The van der Waals surface area contributed by atoms with Crippen molar-refractivity contribution < 1.29 is 9.59 Å². The Bertz CT molecular complexity index is 519. The Morgan fingerprint density at radius 3 is 2.52 bits per heavy atom. The van der Waals surface area contributed by atoms with Crippen LogP contribution in [-0.2, 0) is 11.3 Å². The molecule has 2 rings (SSSR count). The van der Waals surface area contributed by atoms with Crippen LogP contribution in [0.1, 0.15) is 42.6 Å². The van der Waals surface area contributed by atoms with Gasteiger partial charge in [0.15, 0.2) is 0 Å². The van der Waals surface area contributed by atoms with Crippen molar-refractivity contribution in [1.82, 2.24) is 16.0 Å². The van der Waals surface area contributed by atoms with Gasteiger partial charge in [0.25, 0.3) is 5.91 Å². The fourth-order valence-electron chi connectivity index (χ4n) is 2.74. The number of halogens is 1. The summed E-state index contributed by atoms with van der Waals surface area (Å²) in [6, 6.07) is 7.75. The molecule has 0 aliphatic carbocycles. The number of piperidine rings is 1. The quantitative estimate of drug-likeness (QED) is 0.767. The Hall–Kier alpha value is -1.59. The molecule has 6 heteroatoms. The van der Waals surface area contributed by atoms with Gasteiger partial charge >= 0.3 is 0 Å². The molecule has 0 unspecified atom stereocenters. The van der Waals surface area contributed by atoms with Gasteiger partial charge in [-0.25, -0.2) is 0 Å². The second-order valence-electron chi connectivity index (χ2n) is 5.85. The number of hydrogen-bond acceptors (Lipinski definition) is 3. The molecule has 0 bridgehead atoms. The number of nitrogens with one attached hydrogen (secondary N) is 3. The smallest absolute Gasteiger partial charge is 0.251 e. The summed E-state index contributed by atoms with van der Waals surface area (Å²) in [7, 11) is 0. The highest BCUT2D eigenvalue weighted by molar-refractivity contribution is 5.94. The van der Waals surface area contributed by atoms with Gasteiger partial charge in [-0.3, -0.25) is 9.59 Å². The molecule has 1 saturated heterocycles. The summed E-state index contributed by atoms with van der Waals surface area (Å²) in [5, 5.41) is 9.11. The molecule has 1 aromatic rings. The van der Waals surface area contributed by atoms with Gasteiger partial charge in [0.1, 0.15) is 0 Å². The molecule has 3 N–H and O–H groups in total. The molecule has 128 valence electrons. The zero-order chi connectivity index (χ0) is 15.9. The minimum Gasteiger partial charge on any atom is -0.352 e. The molecule has 1 heterocycles. The Labute approximate surface area is 144 Å². The van der Waals surface area contributed by atoms with E-state index in [1.807, 2.05) is 19.1 Å². The lowest BCUT2D eigenvalue weighted by atomic mass is 9.92. The molecule has 2 amide bonds. The van der Waals surface area contributed by atoms with Crippen LogP contribution in [0.5, 0.6) is 0 Å². The van der Waals surface area contributed by atoms with Crippen LogP contribution in [-0.4, -0.2) is 30.9 Å². The van der Waals surface area contributed by atoms with Gasteiger partial charge < -0.3 is 16.0 Å². The van der Waals surface area contributed by atoms with Crippen LogP contribution in [0.2, 0.25) is 0 Å². The Kier molecular flexibility index (Phi) is 8.06. The molecule has 0 aromatic heterocycles. The maximum Gasteiger partial charge on any atom is 0.251 e. The maximum atomic E-state index is 12.2. The average Bonchev–Trinajstić information content (AvgIpc) is 2.53. The van der Waals surface area contributed by atoms with E-state index in [1.165, 1.54) is 0 Å². The molecular weight excluding hydrogens is 314 g/mol. The summed E-state index contributed by atoms with van der Waals surface area (Å²) in [6.07, 6.45) is 1.79. The number of amides is 2. The number of rotatable bonds is 5. The number of hydrogen-bond donors (Lipinski definition) is 3. The van der Waals surface area contributed by atoms with Gasteiger partial charge in [-0.05, 0) is 50.9 Å². The summed E-state index contributed by atoms with van der Waals surface area (Å²) >= 11 is 0. The molecule has 0 saturated carbocycles. The summed E-state index contributed by atoms with van der Waals surface area (Å²) in [6.45, 7) is 6.03. The molecule has 23 heavy (non-hydrogen) atoms. The van der Waals surface area contributed by atoms with Crippen LogP contribution in [0.3, 0.4) is 0 Å². The lowest BCUT2D eigenvalue weighted by molar-refractivity contribution is -0.126. The van der Waals surface area contributed by atoms with Crippen LogP contribution in [0.4, 0.5) is 0 Å². The molecule has 1 fully saturated rings. The first-order valence-electron chi connectivity index (χ1n) is 7.98. The van der Waals surface area contributed by atoms with Crippen LogP contribution in [0, 0.1) is 5.92 Å². The third-order valence-electron chi connectivity index (χ3n) is 4.01. The normalized spacial score (nSPS) is 20.3. The van der Waals surface area contributed by atoms with E-state index in [0.717, 1.165) is 24.9 Å². The highest BCUT2D eigenvalue weighted by atomic mass is 35.5. The van der Waals surface area contributed by atoms with Crippen molar-refractivity contribution in [1.29, 1.82) is 0 Å². The molecule has 0 radical (unpaired) electrons. The number of benzene rings is 1. The minimum absolute atomic E-state index is 0. The largest absolute Gasteiger partial charge is 0.352 e. The van der Waals surface area contributed by atoms with Gasteiger partial charge in [0.2, 0.25) is 5.91 Å². The van der Waals surface area contributed by atoms with Gasteiger partial charge in [0.05, 0.1) is 0 Å². The highest BCUT2D eigenvalue weighted by Crippen LogP contribution is 2.16. The summed E-state index contributed by atoms with van der Waals surface area (Å²) in [5.74, 6) is 0.161. The minimum atomic E-state index is -0.0678. The molecule has 1 aliphatic rings. The first-order valence-corrected chi connectivity index (χ1v) is 7.98. The predicted molar refractivity (Wildman–Crippen MR) is 93.7 cm³/mol. The van der Waals surface area contributed by atoms with Gasteiger partial charge in [-0.2, -0.15) is 0 Å². The summed E-state index contributed by atoms with van der Waals surface area (Å²) in [4.78, 5) is 23.8. The fourth-order valence-corrected chi connectivity index (χ4v) is 2.74. The predicted octanol–water partition coefficient (Wildman–Crippen LogP) is 1.86. The van der Waals surface area contributed by atoms with E-state index in [4.69, 9.17) is 0 Å². The lowest BCUT2D eigenvalue weighted by Crippen LogP contribution is -2.42. The first kappa shape index (κ1) is 19.5. The topological polar surface area (TPSA) is 70.2 Å². The van der Waals surface area contributed by atoms with E-state index in [9.17, 15) is 9.59 Å². The van der Waals surface area contributed by atoms with Crippen molar-refractivity contribution >= 4 is 24.2 Å². The SMILES string of the molecule is CCNC(=O)c1ccc(CNC(=O)[C@H]2CCN[C@@H](C)C2)cc1.Cl. The Morgan fingerprint density at radius 1 is 1.22 bits per heavy atom. The lowest BCUT2D eigenvalue weighted by Gasteiger charge is -2.27. The van der Waals surface area contributed by atoms with Crippen molar-refractivity contribution in [2.75, 3.05) is 13.1 Å². The zero-order valence-electron chi connectivity index (χ0n) is 13.7. The molecule has 1 aromatic carbocycles. The molecule has 1 aliphatic heterocycles. The second kappa shape index (κ2) is 9.53. The zero-order valence-corrected chi connectivity index (χ0v) is 14.5. The van der Waals surface area contributed by atoms with Gasteiger partial charge in [-0.1, -0.05) is 12.1 Å². The molecule has 5 nitrogen and oxygen atoms in total. The molecule has 0 spiro atoms. The van der Waals surface area contributed by atoms with E-state index >= 15 is 0 Å². The van der Waals surface area contributed by atoms with Crippen LogP contribution < -0.4 is 16.0 Å². The molecular formula is C17H26ClN3O2. The highest BCUT2D eigenvalue weighted by Gasteiger charge is 2.24. The first-order chi connectivity index (χ1) is 10.6. The Balaban J connectivity index is 0.00000264. The second-order valence-corrected chi connectivity index (χ2v) is 5.85. The van der Waals surface area contributed by atoms with Crippen LogP contribution in [0.25, 0.3) is 0 Å². The van der Waals surface area contributed by atoms with Crippen LogP contribution in [0.15, 0.2) is 24.3 Å². The van der Waals surface area contributed by atoms with E-state index in [2.05, 4.69) is 22.9 Å². The van der Waals surface area contributed by atoms with Crippen LogP contribution >= 0.6 is 12.4 Å². The monoisotopic (exact) mass is 339 g/mol. The fraction of sp³-hybridized carbons (Fsp3) is 0.529. The van der Waals surface area contributed by atoms with Crippen molar-refractivity contribution in [2.45, 2.75) is 39.3 Å². The number of carbonyl (C=O) groups excluding carboxylic acids is 2. The van der Waals surface area contributed by atoms with E-state index in [0.29, 0.717) is 24.7 Å². The van der Waals surface area contributed by atoms with Crippen molar-refractivity contribution in [2.24, 2.45) is 5.92 Å². The summed E-state index contributed by atoms with van der Waals surface area (Å²) < 4.78 is 0. The maximum absolute atomic E-state index is 12.2. The third-order valence-corrected chi connectivity index (χ3v) is 4.01. The molecule has 2 atom stereocenters. The summed E-state index contributed by atoms with van der Waals surface area (Å²) in [5.41, 5.74) is 1.65. The van der Waals surface area contributed by atoms with Crippen molar-refractivity contribution in [3.8, 4) is 0 Å². The average molecular weight is 340 g/mol. The van der Waals surface area contributed by atoms with Crippen molar-refractivity contribution in [3.05, 3.63) is 35.4 Å². The van der Waals surface area contributed by atoms with E-state index in [1.54, 1.807) is 12.1 Å². The van der Waals surface area contributed by atoms with E-state index in [-0.39, 0.29) is 30.1 Å². The Morgan fingerprint density at radius 2 is 1.91 bits per heavy atom. The van der Waals surface area contributed by atoms with E-state index < -0.39 is 0 Å². The standard InChI is InChI=1S/C17H25N3O2.ClH/c1-3-18-16(21)14-6-4-13(5-7-14)11-20-17(22)15-8-9-19-12(2)10-15;/h4-7,12,15,19H,3,8-11H2,1-2H3,(H,18,21)(H,20,22);1H/t12-,15-;/m0./s1. The van der Waals surface area contributed by atoms with Gasteiger partial charge in [0, 0.05) is 30.6 Å². The number of carbonyl (C=O) groups is 2. The third kappa shape index (κ3) is 5.84.